The summed E-state index contributed by atoms with van der Waals surface area (Å²) in [5.74, 6) is 0.966. The first-order chi connectivity index (χ1) is 8.22. The number of aromatic nitrogens is 1. The van der Waals surface area contributed by atoms with Gasteiger partial charge in [-0.15, -0.1) is 0 Å². The average molecular weight is 298 g/mol. The summed E-state index contributed by atoms with van der Waals surface area (Å²) in [6, 6.07) is 2.68. The van der Waals surface area contributed by atoms with Gasteiger partial charge in [-0.25, -0.2) is 4.98 Å². The number of nitrogens with zero attached hydrogens (tertiary/aromatic N) is 2. The monoisotopic (exact) mass is 297 g/mol. The van der Waals surface area contributed by atoms with Crippen molar-refractivity contribution in [2.75, 3.05) is 25.0 Å². The second-order valence-corrected chi connectivity index (χ2v) is 5.39. The lowest BCUT2D eigenvalue weighted by atomic mass is 10.2. The van der Waals surface area contributed by atoms with Gasteiger partial charge in [0.05, 0.1) is 4.47 Å². The highest BCUT2D eigenvalue weighted by atomic mass is 79.9. The van der Waals surface area contributed by atoms with Crippen molar-refractivity contribution < 1.29 is 0 Å². The van der Waals surface area contributed by atoms with E-state index in [1.807, 2.05) is 12.3 Å². The Balaban J connectivity index is 1.95. The van der Waals surface area contributed by atoms with Crippen LogP contribution in [0.3, 0.4) is 0 Å². The van der Waals surface area contributed by atoms with Gasteiger partial charge in [-0.2, -0.15) is 0 Å². The van der Waals surface area contributed by atoms with Crippen molar-refractivity contribution in [3.05, 3.63) is 22.3 Å². The summed E-state index contributed by atoms with van der Waals surface area (Å²) in [5, 5.41) is 3.46. The third kappa shape index (κ3) is 2.99. The predicted molar refractivity (Wildman–Crippen MR) is 75.4 cm³/mol. The molecule has 1 saturated heterocycles. The molecule has 17 heavy (non-hydrogen) atoms. The number of pyridine rings is 1. The zero-order chi connectivity index (χ0) is 12.3. The van der Waals surface area contributed by atoms with Crippen molar-refractivity contribution in [3.8, 4) is 0 Å². The van der Waals surface area contributed by atoms with Crippen molar-refractivity contribution in [1.29, 1.82) is 0 Å². The van der Waals surface area contributed by atoms with Crippen LogP contribution in [0.1, 0.15) is 25.3 Å². The van der Waals surface area contributed by atoms with Gasteiger partial charge >= 0.3 is 0 Å². The SMILES string of the molecule is CCN1CCCC1CNc1nccc(C)c1Br. The fourth-order valence-electron chi connectivity index (χ4n) is 2.42. The Hall–Kier alpha value is -0.610. The van der Waals surface area contributed by atoms with Crippen LogP contribution in [-0.2, 0) is 0 Å². The molecule has 0 saturated carbocycles. The van der Waals surface area contributed by atoms with Crippen LogP contribution in [0.25, 0.3) is 0 Å². The van der Waals surface area contributed by atoms with Gasteiger partial charge < -0.3 is 5.32 Å². The van der Waals surface area contributed by atoms with Crippen LogP contribution in [0, 0.1) is 6.92 Å². The van der Waals surface area contributed by atoms with E-state index in [4.69, 9.17) is 0 Å². The average Bonchev–Trinajstić information content (AvgIpc) is 2.78. The van der Waals surface area contributed by atoms with Crippen LogP contribution in [0.4, 0.5) is 5.82 Å². The summed E-state index contributed by atoms with van der Waals surface area (Å²) in [5.41, 5.74) is 1.22. The second kappa shape index (κ2) is 5.83. The Morgan fingerprint density at radius 3 is 3.18 bits per heavy atom. The van der Waals surface area contributed by atoms with Crippen molar-refractivity contribution in [1.82, 2.24) is 9.88 Å². The molecule has 1 atom stereocenters. The first-order valence-electron chi connectivity index (χ1n) is 6.31. The van der Waals surface area contributed by atoms with Crippen LogP contribution >= 0.6 is 15.9 Å². The van der Waals surface area contributed by atoms with E-state index < -0.39 is 0 Å². The number of hydrogen-bond donors (Lipinski definition) is 1. The zero-order valence-electron chi connectivity index (χ0n) is 10.5. The molecule has 1 aromatic rings. The van der Waals surface area contributed by atoms with E-state index in [9.17, 15) is 0 Å². The van der Waals surface area contributed by atoms with Gasteiger partial charge in [0.15, 0.2) is 0 Å². The van der Waals surface area contributed by atoms with Gasteiger partial charge in [0, 0.05) is 18.8 Å². The maximum atomic E-state index is 4.37. The minimum atomic E-state index is 0.661. The molecular weight excluding hydrogens is 278 g/mol. The number of aryl methyl sites for hydroxylation is 1. The number of likely N-dealkylation sites (tertiary alicyclic amines) is 1. The van der Waals surface area contributed by atoms with Crippen LogP contribution in [0.15, 0.2) is 16.7 Å². The van der Waals surface area contributed by atoms with E-state index >= 15 is 0 Å². The van der Waals surface area contributed by atoms with Gasteiger partial charge in [-0.1, -0.05) is 6.92 Å². The molecule has 4 heteroatoms. The summed E-state index contributed by atoms with van der Waals surface area (Å²) >= 11 is 3.58. The second-order valence-electron chi connectivity index (χ2n) is 4.60. The molecule has 0 aliphatic carbocycles. The fourth-order valence-corrected chi connectivity index (χ4v) is 2.80. The van der Waals surface area contributed by atoms with E-state index in [1.165, 1.54) is 24.9 Å². The first kappa shape index (κ1) is 12.8. The molecule has 0 radical (unpaired) electrons. The molecule has 3 nitrogen and oxygen atoms in total. The standard InChI is InChI=1S/C13H20BrN3/c1-3-17-8-4-5-11(17)9-16-13-12(14)10(2)6-7-15-13/h6-7,11H,3-5,8-9H2,1-2H3,(H,15,16). The topological polar surface area (TPSA) is 28.2 Å². The normalized spacial score (nSPS) is 20.8. The molecule has 1 aromatic heterocycles. The predicted octanol–water partition coefficient (Wildman–Crippen LogP) is 3.05. The number of anilines is 1. The Morgan fingerprint density at radius 2 is 2.41 bits per heavy atom. The molecule has 0 spiro atoms. The van der Waals surface area contributed by atoms with Crippen LogP contribution in [0.5, 0.6) is 0 Å². The highest BCUT2D eigenvalue weighted by molar-refractivity contribution is 9.10. The number of nitrogens with one attached hydrogen (secondary N) is 1. The lowest BCUT2D eigenvalue weighted by molar-refractivity contribution is 0.277. The molecule has 1 fully saturated rings. The molecule has 0 bridgehead atoms. The fraction of sp³-hybridized carbons (Fsp3) is 0.615. The van der Waals surface area contributed by atoms with Crippen molar-refractivity contribution in [2.45, 2.75) is 32.7 Å². The van der Waals surface area contributed by atoms with Gasteiger partial charge in [0.1, 0.15) is 5.82 Å². The third-order valence-electron chi connectivity index (χ3n) is 3.49. The largest absolute Gasteiger partial charge is 0.368 e. The van der Waals surface area contributed by atoms with Gasteiger partial charge in [0.2, 0.25) is 0 Å². The summed E-state index contributed by atoms with van der Waals surface area (Å²) in [6.45, 7) is 7.70. The molecule has 0 amide bonds. The lowest BCUT2D eigenvalue weighted by Crippen LogP contribution is -2.34. The Bertz CT molecular complexity index is 381. The smallest absolute Gasteiger partial charge is 0.140 e. The molecule has 94 valence electrons. The molecule has 0 aromatic carbocycles. The molecular formula is C13H20BrN3. The Morgan fingerprint density at radius 1 is 1.59 bits per heavy atom. The number of hydrogen-bond acceptors (Lipinski definition) is 3. The van der Waals surface area contributed by atoms with E-state index in [0.29, 0.717) is 6.04 Å². The molecule has 1 N–H and O–H groups in total. The minimum absolute atomic E-state index is 0.661. The number of halogens is 1. The van der Waals surface area contributed by atoms with E-state index in [1.54, 1.807) is 0 Å². The molecule has 2 rings (SSSR count). The van der Waals surface area contributed by atoms with E-state index in [-0.39, 0.29) is 0 Å². The minimum Gasteiger partial charge on any atom is -0.368 e. The third-order valence-corrected chi connectivity index (χ3v) is 4.49. The molecule has 1 unspecified atom stereocenters. The van der Waals surface area contributed by atoms with Crippen molar-refractivity contribution >= 4 is 21.7 Å². The van der Waals surface area contributed by atoms with E-state index in [0.717, 1.165) is 23.4 Å². The Kier molecular flexibility index (Phi) is 4.40. The summed E-state index contributed by atoms with van der Waals surface area (Å²) in [7, 11) is 0. The quantitative estimate of drug-likeness (QED) is 0.926. The van der Waals surface area contributed by atoms with E-state index in [2.05, 4.69) is 45.0 Å². The maximum Gasteiger partial charge on any atom is 0.140 e. The van der Waals surface area contributed by atoms with Crippen LogP contribution in [0.2, 0.25) is 0 Å². The zero-order valence-corrected chi connectivity index (χ0v) is 12.1. The van der Waals surface area contributed by atoms with Crippen molar-refractivity contribution in [3.63, 3.8) is 0 Å². The summed E-state index contributed by atoms with van der Waals surface area (Å²) in [6.07, 6.45) is 4.47. The van der Waals surface area contributed by atoms with Crippen molar-refractivity contribution in [2.24, 2.45) is 0 Å². The molecule has 1 aliphatic heterocycles. The Labute approximate surface area is 112 Å². The molecule has 2 heterocycles. The van der Waals surface area contributed by atoms with Gasteiger partial charge in [-0.3, -0.25) is 4.90 Å². The highest BCUT2D eigenvalue weighted by Gasteiger charge is 2.22. The summed E-state index contributed by atoms with van der Waals surface area (Å²) in [4.78, 5) is 6.91. The number of likely N-dealkylation sites (N-methyl/N-ethyl adjacent to an activating group) is 1. The lowest BCUT2D eigenvalue weighted by Gasteiger charge is -2.23. The van der Waals surface area contributed by atoms with Gasteiger partial charge in [0.25, 0.3) is 0 Å². The number of rotatable bonds is 4. The maximum absolute atomic E-state index is 4.37. The van der Waals surface area contributed by atoms with Gasteiger partial charge in [-0.05, 0) is 60.4 Å². The first-order valence-corrected chi connectivity index (χ1v) is 7.10. The van der Waals surface area contributed by atoms with Crippen LogP contribution in [-0.4, -0.2) is 35.6 Å². The van der Waals surface area contributed by atoms with Crippen LogP contribution < -0.4 is 5.32 Å². The molecule has 1 aliphatic rings. The summed E-state index contributed by atoms with van der Waals surface area (Å²) < 4.78 is 1.08. The highest BCUT2D eigenvalue weighted by Crippen LogP contribution is 2.24.